The minimum absolute atomic E-state index is 0.0894. The Kier molecular flexibility index (Phi) is 4.46. The Morgan fingerprint density at radius 1 is 1.21 bits per heavy atom. The van der Waals surface area contributed by atoms with Gasteiger partial charge >= 0.3 is 0 Å². The van der Waals surface area contributed by atoms with E-state index in [9.17, 15) is 8.42 Å². The predicted molar refractivity (Wildman–Crippen MR) is 73.9 cm³/mol. The van der Waals surface area contributed by atoms with Crippen LogP contribution < -0.4 is 4.72 Å². The number of aromatic nitrogens is 2. The van der Waals surface area contributed by atoms with E-state index >= 15 is 0 Å². The highest BCUT2D eigenvalue weighted by molar-refractivity contribution is 7.89. The van der Waals surface area contributed by atoms with Gasteiger partial charge in [0.2, 0.25) is 10.0 Å². The molecule has 0 spiro atoms. The average molecular weight is 320 g/mol. The van der Waals surface area contributed by atoms with Crippen molar-refractivity contribution in [3.05, 3.63) is 46.2 Å². The smallest absolute Gasteiger partial charge is 0.240 e. The lowest BCUT2D eigenvalue weighted by Crippen LogP contribution is -2.26. The number of benzene rings is 1. The average Bonchev–Trinajstić information content (AvgIpc) is 2.85. The normalized spacial score (nSPS) is 11.7. The van der Waals surface area contributed by atoms with E-state index < -0.39 is 10.0 Å². The van der Waals surface area contributed by atoms with Gasteiger partial charge in [0.15, 0.2) is 0 Å². The first kappa shape index (κ1) is 14.3. The van der Waals surface area contributed by atoms with Crippen LogP contribution >= 0.6 is 23.2 Å². The molecule has 2 N–H and O–H groups in total. The van der Waals surface area contributed by atoms with E-state index in [1.807, 2.05) is 0 Å². The summed E-state index contributed by atoms with van der Waals surface area (Å²) in [4.78, 5) is 0.0894. The Hall–Kier alpha value is -1.08. The summed E-state index contributed by atoms with van der Waals surface area (Å²) in [5, 5.41) is 7.06. The van der Waals surface area contributed by atoms with Gasteiger partial charge in [-0.15, -0.1) is 0 Å². The van der Waals surface area contributed by atoms with Crippen molar-refractivity contribution in [2.75, 3.05) is 6.54 Å². The summed E-state index contributed by atoms with van der Waals surface area (Å²) in [5.41, 5.74) is 0.858. The van der Waals surface area contributed by atoms with Gasteiger partial charge in [-0.1, -0.05) is 23.2 Å². The molecule has 0 bridgehead atoms. The zero-order valence-corrected chi connectivity index (χ0v) is 12.1. The summed E-state index contributed by atoms with van der Waals surface area (Å²) in [6, 6.07) is 5.97. The quantitative estimate of drug-likeness (QED) is 0.887. The van der Waals surface area contributed by atoms with Gasteiger partial charge in [0.1, 0.15) is 0 Å². The van der Waals surface area contributed by atoms with Crippen LogP contribution in [0.3, 0.4) is 0 Å². The summed E-state index contributed by atoms with van der Waals surface area (Å²) >= 11 is 11.5. The lowest BCUT2D eigenvalue weighted by Gasteiger charge is -2.07. The lowest BCUT2D eigenvalue weighted by atomic mass is 10.3. The van der Waals surface area contributed by atoms with Crippen LogP contribution in [0.15, 0.2) is 35.4 Å². The van der Waals surface area contributed by atoms with Crippen LogP contribution in [0.1, 0.15) is 5.69 Å². The maximum absolute atomic E-state index is 12.0. The molecule has 0 fully saturated rings. The van der Waals surface area contributed by atoms with E-state index in [0.29, 0.717) is 11.4 Å². The molecule has 0 aliphatic rings. The Bertz CT molecular complexity index is 657. The first-order valence-corrected chi connectivity index (χ1v) is 7.66. The van der Waals surface area contributed by atoms with Crippen LogP contribution in [0.25, 0.3) is 0 Å². The molecule has 2 aromatic rings. The second-order valence-electron chi connectivity index (χ2n) is 3.81. The highest BCUT2D eigenvalue weighted by atomic mass is 35.5. The van der Waals surface area contributed by atoms with E-state index in [-0.39, 0.29) is 16.5 Å². The van der Waals surface area contributed by atoms with Gasteiger partial charge < -0.3 is 0 Å². The number of H-pyrrole nitrogens is 1. The van der Waals surface area contributed by atoms with E-state index in [0.717, 1.165) is 5.69 Å². The molecular weight excluding hydrogens is 309 g/mol. The van der Waals surface area contributed by atoms with Crippen LogP contribution in [-0.2, 0) is 16.4 Å². The molecule has 1 aromatic heterocycles. The van der Waals surface area contributed by atoms with Crippen molar-refractivity contribution in [1.29, 1.82) is 0 Å². The molecule has 0 aliphatic heterocycles. The number of aromatic amines is 1. The van der Waals surface area contributed by atoms with Gasteiger partial charge in [0.05, 0.1) is 14.9 Å². The summed E-state index contributed by atoms with van der Waals surface area (Å²) in [7, 11) is -3.58. The van der Waals surface area contributed by atoms with E-state index in [1.165, 1.54) is 18.2 Å². The van der Waals surface area contributed by atoms with Crippen molar-refractivity contribution < 1.29 is 8.42 Å². The molecule has 0 atom stereocenters. The second-order valence-corrected chi connectivity index (χ2v) is 6.39. The zero-order valence-electron chi connectivity index (χ0n) is 9.73. The van der Waals surface area contributed by atoms with Crippen LogP contribution in [0.2, 0.25) is 10.0 Å². The first-order chi connectivity index (χ1) is 8.99. The van der Waals surface area contributed by atoms with Crippen molar-refractivity contribution in [1.82, 2.24) is 14.9 Å². The molecule has 0 aliphatic carbocycles. The fraction of sp³-hybridized carbons (Fsp3) is 0.182. The molecule has 0 saturated heterocycles. The largest absolute Gasteiger partial charge is 0.283 e. The SMILES string of the molecule is O=S(=O)(NCCc1ccn[nH]1)c1ccc(Cl)c(Cl)c1. The van der Waals surface area contributed by atoms with Gasteiger partial charge in [-0.05, 0) is 24.3 Å². The molecule has 1 aromatic carbocycles. The third-order valence-corrected chi connectivity index (χ3v) is 4.64. The summed E-state index contributed by atoms with van der Waals surface area (Å²) in [6.45, 7) is 0.269. The molecule has 2 rings (SSSR count). The predicted octanol–water partition coefficient (Wildman–Crippen LogP) is 2.24. The lowest BCUT2D eigenvalue weighted by molar-refractivity contribution is 0.581. The standard InChI is InChI=1S/C11H11Cl2N3O2S/c12-10-2-1-9(7-11(10)13)19(17,18)15-6-4-8-3-5-14-16-8/h1-3,5,7,15H,4,6H2,(H,14,16). The summed E-state index contributed by atoms with van der Waals surface area (Å²) < 4.78 is 26.5. The number of rotatable bonds is 5. The molecule has 102 valence electrons. The maximum atomic E-state index is 12.0. The number of halogens is 2. The molecule has 8 heteroatoms. The van der Waals surface area contributed by atoms with Crippen LogP contribution in [0.4, 0.5) is 0 Å². The van der Waals surface area contributed by atoms with Gasteiger partial charge in [0, 0.05) is 24.9 Å². The van der Waals surface area contributed by atoms with Gasteiger partial charge in [-0.2, -0.15) is 5.10 Å². The van der Waals surface area contributed by atoms with E-state index in [1.54, 1.807) is 12.3 Å². The molecular formula is C11H11Cl2N3O2S. The Morgan fingerprint density at radius 2 is 2.00 bits per heavy atom. The zero-order chi connectivity index (χ0) is 13.9. The van der Waals surface area contributed by atoms with Crippen molar-refractivity contribution in [3.63, 3.8) is 0 Å². The molecule has 5 nitrogen and oxygen atoms in total. The Morgan fingerprint density at radius 3 is 2.63 bits per heavy atom. The van der Waals surface area contributed by atoms with Crippen molar-refractivity contribution in [2.45, 2.75) is 11.3 Å². The van der Waals surface area contributed by atoms with Gasteiger partial charge in [0.25, 0.3) is 0 Å². The number of sulfonamides is 1. The first-order valence-electron chi connectivity index (χ1n) is 5.42. The molecule has 0 saturated carbocycles. The number of hydrogen-bond donors (Lipinski definition) is 2. The van der Waals surface area contributed by atoms with Crippen LogP contribution in [-0.4, -0.2) is 25.2 Å². The molecule has 1 heterocycles. The Labute approximate surface area is 121 Å². The number of hydrogen-bond acceptors (Lipinski definition) is 3. The fourth-order valence-electron chi connectivity index (χ4n) is 1.47. The minimum atomic E-state index is -3.58. The van der Waals surface area contributed by atoms with E-state index in [4.69, 9.17) is 23.2 Å². The highest BCUT2D eigenvalue weighted by Gasteiger charge is 2.14. The van der Waals surface area contributed by atoms with E-state index in [2.05, 4.69) is 14.9 Å². The number of nitrogens with one attached hydrogen (secondary N) is 2. The van der Waals surface area contributed by atoms with Gasteiger partial charge in [-0.25, -0.2) is 13.1 Å². The third-order valence-electron chi connectivity index (χ3n) is 2.45. The minimum Gasteiger partial charge on any atom is -0.283 e. The summed E-state index contributed by atoms with van der Waals surface area (Å²) in [6.07, 6.45) is 2.14. The van der Waals surface area contributed by atoms with Crippen LogP contribution in [0, 0.1) is 0 Å². The molecule has 0 unspecified atom stereocenters. The third kappa shape index (κ3) is 3.70. The Balaban J connectivity index is 2.03. The highest BCUT2D eigenvalue weighted by Crippen LogP contribution is 2.24. The molecule has 0 radical (unpaired) electrons. The van der Waals surface area contributed by atoms with Crippen molar-refractivity contribution >= 4 is 33.2 Å². The van der Waals surface area contributed by atoms with Crippen molar-refractivity contribution in [2.24, 2.45) is 0 Å². The monoisotopic (exact) mass is 319 g/mol. The van der Waals surface area contributed by atoms with Crippen molar-refractivity contribution in [3.8, 4) is 0 Å². The topological polar surface area (TPSA) is 74.8 Å². The summed E-state index contributed by atoms with van der Waals surface area (Å²) in [5.74, 6) is 0. The van der Waals surface area contributed by atoms with Gasteiger partial charge in [-0.3, -0.25) is 5.10 Å². The van der Waals surface area contributed by atoms with Crippen LogP contribution in [0.5, 0.6) is 0 Å². The molecule has 0 amide bonds. The molecule has 19 heavy (non-hydrogen) atoms. The number of nitrogens with zero attached hydrogens (tertiary/aromatic N) is 1. The maximum Gasteiger partial charge on any atom is 0.240 e. The second kappa shape index (κ2) is 5.92. The fourth-order valence-corrected chi connectivity index (χ4v) is 2.89.